The molecule has 0 saturated carbocycles. The van der Waals surface area contributed by atoms with E-state index >= 15 is 0 Å². The zero-order valence-electron chi connectivity index (χ0n) is 13.3. The average Bonchev–Trinajstić information content (AvgIpc) is 2.59. The maximum atomic E-state index is 12.0. The molecule has 1 aliphatic rings. The Kier molecular flexibility index (Phi) is 5.45. The molecule has 0 spiro atoms. The molecule has 1 aromatic carbocycles. The molecule has 1 aromatic heterocycles. The molecule has 1 unspecified atom stereocenters. The quantitative estimate of drug-likeness (QED) is 0.812. The molecule has 126 valence electrons. The minimum absolute atomic E-state index is 0.186. The normalized spacial score (nSPS) is 15.6. The third-order valence-electron chi connectivity index (χ3n) is 4.12. The predicted molar refractivity (Wildman–Crippen MR) is 93.0 cm³/mol. The van der Waals surface area contributed by atoms with Gasteiger partial charge < -0.3 is 10.4 Å². The Morgan fingerprint density at radius 1 is 1.25 bits per heavy atom. The minimum Gasteiger partial charge on any atom is -0.390 e. The number of hydrogen-bond acceptors (Lipinski definition) is 4. The van der Waals surface area contributed by atoms with Gasteiger partial charge in [0, 0.05) is 26.2 Å². The number of benzene rings is 1. The van der Waals surface area contributed by atoms with Crippen molar-refractivity contribution in [1.29, 1.82) is 0 Å². The number of halogens is 1. The molecular weight excluding hydrogens is 326 g/mol. The van der Waals surface area contributed by atoms with Crippen molar-refractivity contribution in [3.05, 3.63) is 64.4 Å². The number of aliphatic hydroxyl groups is 1. The second kappa shape index (κ2) is 7.75. The van der Waals surface area contributed by atoms with Gasteiger partial charge in [-0.1, -0.05) is 41.9 Å². The predicted octanol–water partition coefficient (Wildman–Crippen LogP) is 1.88. The van der Waals surface area contributed by atoms with E-state index in [9.17, 15) is 9.90 Å². The van der Waals surface area contributed by atoms with Crippen LogP contribution in [0.3, 0.4) is 0 Å². The summed E-state index contributed by atoms with van der Waals surface area (Å²) >= 11 is 5.77. The summed E-state index contributed by atoms with van der Waals surface area (Å²) in [5.74, 6) is -0.333. The standard InChI is InChI=1S/C18H20ClN3O2/c19-17-7-3-6-16(21-17)18(24)20-10-15(23)12-22-9-8-13-4-1-2-5-14(13)11-22/h1-7,15,23H,8-12H2,(H,20,24). The van der Waals surface area contributed by atoms with Crippen LogP contribution < -0.4 is 5.32 Å². The van der Waals surface area contributed by atoms with Gasteiger partial charge in [0.2, 0.25) is 0 Å². The Labute approximate surface area is 146 Å². The third-order valence-corrected chi connectivity index (χ3v) is 4.34. The number of fused-ring (bicyclic) bond motifs is 1. The fraction of sp³-hybridized carbons (Fsp3) is 0.333. The smallest absolute Gasteiger partial charge is 0.270 e. The van der Waals surface area contributed by atoms with Gasteiger partial charge in [-0.25, -0.2) is 4.98 Å². The lowest BCUT2D eigenvalue weighted by molar-refractivity contribution is 0.0838. The van der Waals surface area contributed by atoms with Crippen LogP contribution in [0.2, 0.25) is 5.15 Å². The van der Waals surface area contributed by atoms with E-state index in [0.29, 0.717) is 6.54 Å². The van der Waals surface area contributed by atoms with E-state index < -0.39 is 6.10 Å². The molecule has 0 radical (unpaired) electrons. The number of amides is 1. The number of pyridine rings is 1. The Bertz CT molecular complexity index is 723. The summed E-state index contributed by atoms with van der Waals surface area (Å²) in [5, 5.41) is 13.2. The molecule has 1 amide bonds. The molecule has 2 aromatic rings. The van der Waals surface area contributed by atoms with E-state index in [1.807, 2.05) is 6.07 Å². The van der Waals surface area contributed by atoms with Crippen molar-refractivity contribution in [3.63, 3.8) is 0 Å². The fourth-order valence-electron chi connectivity index (χ4n) is 2.91. The fourth-order valence-corrected chi connectivity index (χ4v) is 3.07. The number of carbonyl (C=O) groups is 1. The zero-order valence-corrected chi connectivity index (χ0v) is 14.0. The first-order valence-electron chi connectivity index (χ1n) is 8.00. The molecule has 1 aliphatic heterocycles. The molecular formula is C18H20ClN3O2. The van der Waals surface area contributed by atoms with Crippen LogP contribution in [0.5, 0.6) is 0 Å². The Balaban J connectivity index is 1.48. The van der Waals surface area contributed by atoms with Gasteiger partial charge in [0.05, 0.1) is 6.10 Å². The molecule has 0 bridgehead atoms. The van der Waals surface area contributed by atoms with Crippen LogP contribution in [-0.4, -0.2) is 46.6 Å². The molecule has 2 heterocycles. The number of rotatable bonds is 5. The van der Waals surface area contributed by atoms with Gasteiger partial charge in [-0.3, -0.25) is 9.69 Å². The van der Waals surface area contributed by atoms with Crippen LogP contribution in [0, 0.1) is 0 Å². The van der Waals surface area contributed by atoms with Crippen molar-refractivity contribution < 1.29 is 9.90 Å². The first-order chi connectivity index (χ1) is 11.6. The summed E-state index contributed by atoms with van der Waals surface area (Å²) in [6.45, 7) is 2.46. The van der Waals surface area contributed by atoms with Gasteiger partial charge in [0.15, 0.2) is 0 Å². The van der Waals surface area contributed by atoms with E-state index in [1.165, 1.54) is 11.1 Å². The third kappa shape index (κ3) is 4.32. The largest absolute Gasteiger partial charge is 0.390 e. The van der Waals surface area contributed by atoms with Crippen LogP contribution in [0.1, 0.15) is 21.6 Å². The second-order valence-electron chi connectivity index (χ2n) is 5.96. The molecule has 5 nitrogen and oxygen atoms in total. The van der Waals surface area contributed by atoms with E-state index in [1.54, 1.807) is 18.2 Å². The van der Waals surface area contributed by atoms with Gasteiger partial charge in [0.25, 0.3) is 5.91 Å². The van der Waals surface area contributed by atoms with E-state index in [-0.39, 0.29) is 23.3 Å². The monoisotopic (exact) mass is 345 g/mol. The summed E-state index contributed by atoms with van der Waals surface area (Å²) < 4.78 is 0. The van der Waals surface area contributed by atoms with E-state index in [4.69, 9.17) is 11.6 Å². The summed E-state index contributed by atoms with van der Waals surface area (Å²) in [6, 6.07) is 13.3. The number of carbonyl (C=O) groups excluding carboxylic acids is 1. The molecule has 3 rings (SSSR count). The summed E-state index contributed by atoms with van der Waals surface area (Å²) in [5.41, 5.74) is 2.94. The molecule has 2 N–H and O–H groups in total. The highest BCUT2D eigenvalue weighted by Gasteiger charge is 2.19. The van der Waals surface area contributed by atoms with Crippen LogP contribution in [-0.2, 0) is 13.0 Å². The molecule has 24 heavy (non-hydrogen) atoms. The maximum absolute atomic E-state index is 12.0. The number of nitrogens with zero attached hydrogens (tertiary/aromatic N) is 2. The SMILES string of the molecule is O=C(NCC(O)CN1CCc2ccccc2C1)c1cccc(Cl)n1. The number of hydrogen-bond donors (Lipinski definition) is 2. The van der Waals surface area contributed by atoms with Crippen molar-refractivity contribution in [2.45, 2.75) is 19.1 Å². The van der Waals surface area contributed by atoms with E-state index in [0.717, 1.165) is 19.5 Å². The van der Waals surface area contributed by atoms with Crippen LogP contribution in [0.15, 0.2) is 42.5 Å². The highest BCUT2D eigenvalue weighted by molar-refractivity contribution is 6.29. The van der Waals surface area contributed by atoms with Gasteiger partial charge in [-0.2, -0.15) is 0 Å². The van der Waals surface area contributed by atoms with Gasteiger partial charge >= 0.3 is 0 Å². The van der Waals surface area contributed by atoms with Crippen LogP contribution in [0.25, 0.3) is 0 Å². The highest BCUT2D eigenvalue weighted by Crippen LogP contribution is 2.18. The highest BCUT2D eigenvalue weighted by atomic mass is 35.5. The number of aliphatic hydroxyl groups excluding tert-OH is 1. The molecule has 0 fully saturated rings. The number of β-amino-alcohol motifs (C(OH)–C–C–N with tert-alkyl or cyclic N) is 1. The van der Waals surface area contributed by atoms with Crippen molar-refractivity contribution in [3.8, 4) is 0 Å². The van der Waals surface area contributed by atoms with Gasteiger partial charge in [0.1, 0.15) is 10.8 Å². The zero-order chi connectivity index (χ0) is 16.9. The summed E-state index contributed by atoms with van der Waals surface area (Å²) in [6.07, 6.45) is 0.361. The number of nitrogens with one attached hydrogen (secondary N) is 1. The lowest BCUT2D eigenvalue weighted by atomic mass is 10.00. The Morgan fingerprint density at radius 2 is 2.04 bits per heavy atom. The van der Waals surface area contributed by atoms with Crippen molar-refractivity contribution in [1.82, 2.24) is 15.2 Å². The van der Waals surface area contributed by atoms with Crippen LogP contribution in [0.4, 0.5) is 0 Å². The first kappa shape index (κ1) is 16.9. The van der Waals surface area contributed by atoms with Gasteiger partial charge in [-0.15, -0.1) is 0 Å². The second-order valence-corrected chi connectivity index (χ2v) is 6.35. The molecule has 0 saturated heterocycles. The topological polar surface area (TPSA) is 65.5 Å². The first-order valence-corrected chi connectivity index (χ1v) is 8.37. The summed E-state index contributed by atoms with van der Waals surface area (Å²) in [7, 11) is 0. The lowest BCUT2D eigenvalue weighted by Gasteiger charge is -2.30. The molecule has 0 aliphatic carbocycles. The lowest BCUT2D eigenvalue weighted by Crippen LogP contribution is -2.42. The Morgan fingerprint density at radius 3 is 2.83 bits per heavy atom. The maximum Gasteiger partial charge on any atom is 0.270 e. The molecule has 6 heteroatoms. The minimum atomic E-state index is -0.626. The average molecular weight is 346 g/mol. The van der Waals surface area contributed by atoms with E-state index in [2.05, 4.69) is 33.4 Å². The number of aromatic nitrogens is 1. The van der Waals surface area contributed by atoms with Crippen LogP contribution >= 0.6 is 11.6 Å². The van der Waals surface area contributed by atoms with Crippen molar-refractivity contribution >= 4 is 17.5 Å². The Hall–Kier alpha value is -1.95. The molecule has 1 atom stereocenters. The van der Waals surface area contributed by atoms with Crippen molar-refractivity contribution in [2.75, 3.05) is 19.6 Å². The van der Waals surface area contributed by atoms with Gasteiger partial charge in [-0.05, 0) is 29.7 Å². The summed E-state index contributed by atoms with van der Waals surface area (Å²) in [4.78, 5) is 18.2. The van der Waals surface area contributed by atoms with Crippen molar-refractivity contribution in [2.24, 2.45) is 0 Å².